The van der Waals surface area contributed by atoms with E-state index in [1.54, 1.807) is 42.7 Å². The fourth-order valence-electron chi connectivity index (χ4n) is 3.22. The van der Waals surface area contributed by atoms with Crippen LogP contribution >= 0.6 is 0 Å². The van der Waals surface area contributed by atoms with E-state index in [4.69, 9.17) is 28.4 Å². The number of rotatable bonds is 11. The lowest BCUT2D eigenvalue weighted by Crippen LogP contribution is -2.36. The number of hydrogen-bond donors (Lipinski definition) is 2. The number of nitrogens with zero attached hydrogens (tertiary/aromatic N) is 1. The van der Waals surface area contributed by atoms with Crippen LogP contribution in [0, 0.1) is 0 Å². The quantitative estimate of drug-likeness (QED) is 0.401. The summed E-state index contributed by atoms with van der Waals surface area (Å²) >= 11 is 0. The van der Waals surface area contributed by atoms with E-state index in [2.05, 4.69) is 15.6 Å². The number of benzene rings is 2. The third-order valence-corrected chi connectivity index (χ3v) is 4.72. The highest BCUT2D eigenvalue weighted by Crippen LogP contribution is 2.40. The largest absolute Gasteiger partial charge is 0.493 e. The molecule has 0 saturated carbocycles. The molecule has 0 aliphatic rings. The predicted molar refractivity (Wildman–Crippen MR) is 124 cm³/mol. The number of methoxy groups -OCH3 is 6. The molecule has 0 saturated heterocycles. The van der Waals surface area contributed by atoms with Crippen molar-refractivity contribution < 1.29 is 28.4 Å². The number of nitrogens with one attached hydrogen (secondary N) is 2. The van der Waals surface area contributed by atoms with Crippen LogP contribution in [0.1, 0.15) is 18.1 Å². The molecule has 0 unspecified atom stereocenters. The minimum Gasteiger partial charge on any atom is -0.493 e. The fourth-order valence-corrected chi connectivity index (χ4v) is 3.22. The van der Waals surface area contributed by atoms with Crippen molar-refractivity contribution in [3.8, 4) is 34.5 Å². The second kappa shape index (κ2) is 12.4. The summed E-state index contributed by atoms with van der Waals surface area (Å²) in [4.78, 5) is 4.68. The van der Waals surface area contributed by atoms with Gasteiger partial charge in [-0.25, -0.2) is 4.99 Å². The highest BCUT2D eigenvalue weighted by molar-refractivity contribution is 5.80. The van der Waals surface area contributed by atoms with E-state index < -0.39 is 0 Å². The van der Waals surface area contributed by atoms with Gasteiger partial charge >= 0.3 is 0 Å². The monoisotopic (exact) mass is 447 g/mol. The molecular weight excluding hydrogens is 414 g/mol. The maximum atomic E-state index is 5.56. The molecule has 0 spiro atoms. The van der Waals surface area contributed by atoms with E-state index in [9.17, 15) is 0 Å². The van der Waals surface area contributed by atoms with E-state index in [0.717, 1.165) is 11.1 Å². The van der Waals surface area contributed by atoms with Crippen LogP contribution in [-0.2, 0) is 13.1 Å². The van der Waals surface area contributed by atoms with E-state index in [0.29, 0.717) is 60.1 Å². The van der Waals surface area contributed by atoms with Crippen LogP contribution in [0.4, 0.5) is 0 Å². The van der Waals surface area contributed by atoms with E-state index in [1.165, 1.54) is 0 Å². The van der Waals surface area contributed by atoms with Gasteiger partial charge in [-0.1, -0.05) is 0 Å². The Bertz CT molecular complexity index is 892. The topological polar surface area (TPSA) is 91.8 Å². The van der Waals surface area contributed by atoms with Crippen LogP contribution in [0.2, 0.25) is 0 Å². The van der Waals surface area contributed by atoms with Crippen LogP contribution in [0.5, 0.6) is 34.5 Å². The zero-order chi connectivity index (χ0) is 23.5. The molecule has 0 bridgehead atoms. The average Bonchev–Trinajstić information content (AvgIpc) is 2.83. The first-order chi connectivity index (χ1) is 15.6. The van der Waals surface area contributed by atoms with Crippen LogP contribution in [0.25, 0.3) is 0 Å². The maximum absolute atomic E-state index is 5.56. The summed E-state index contributed by atoms with van der Waals surface area (Å²) in [5, 5.41) is 6.57. The highest BCUT2D eigenvalue weighted by atomic mass is 16.5. The average molecular weight is 448 g/mol. The molecule has 0 atom stereocenters. The molecule has 0 aliphatic carbocycles. The Morgan fingerprint density at radius 1 is 0.719 bits per heavy atom. The second-order valence-electron chi connectivity index (χ2n) is 6.58. The summed E-state index contributed by atoms with van der Waals surface area (Å²) in [7, 11) is 9.53. The number of ether oxygens (including phenoxy) is 6. The lowest BCUT2D eigenvalue weighted by Gasteiger charge is -2.17. The first-order valence-electron chi connectivity index (χ1n) is 10.2. The Morgan fingerprint density at radius 3 is 1.81 bits per heavy atom. The van der Waals surface area contributed by atoms with Gasteiger partial charge in [0, 0.05) is 18.7 Å². The van der Waals surface area contributed by atoms with Gasteiger partial charge in [-0.15, -0.1) is 0 Å². The number of guanidine groups is 1. The van der Waals surface area contributed by atoms with Gasteiger partial charge in [0.1, 0.15) is 0 Å². The molecule has 0 fully saturated rings. The predicted octanol–water partition coefficient (Wildman–Crippen LogP) is 2.99. The molecule has 0 radical (unpaired) electrons. The summed E-state index contributed by atoms with van der Waals surface area (Å²) in [6.07, 6.45) is 0. The zero-order valence-electron chi connectivity index (χ0n) is 19.8. The summed E-state index contributed by atoms with van der Waals surface area (Å²) in [5.74, 6) is 4.14. The minimum atomic E-state index is 0.412. The molecule has 2 aromatic carbocycles. The van der Waals surface area contributed by atoms with Crippen molar-refractivity contribution in [3.63, 3.8) is 0 Å². The van der Waals surface area contributed by atoms with Crippen LogP contribution in [-0.4, -0.2) is 55.2 Å². The third-order valence-electron chi connectivity index (χ3n) is 4.72. The SMILES string of the molecule is CCNC(=NCc1cc(OC)c(OC)c(OC)c1)NCc1ccc(OC)c(OC)c1OC. The summed E-state index contributed by atoms with van der Waals surface area (Å²) < 4.78 is 32.6. The highest BCUT2D eigenvalue weighted by Gasteiger charge is 2.16. The molecule has 32 heavy (non-hydrogen) atoms. The van der Waals surface area contributed by atoms with E-state index in [1.807, 2.05) is 31.2 Å². The smallest absolute Gasteiger partial charge is 0.203 e. The van der Waals surface area contributed by atoms with Gasteiger partial charge in [0.05, 0.1) is 49.2 Å². The Labute approximate surface area is 189 Å². The van der Waals surface area contributed by atoms with Crippen molar-refractivity contribution in [2.45, 2.75) is 20.0 Å². The van der Waals surface area contributed by atoms with Gasteiger partial charge in [0.15, 0.2) is 29.0 Å². The van der Waals surface area contributed by atoms with Crippen molar-refractivity contribution in [1.29, 1.82) is 0 Å². The van der Waals surface area contributed by atoms with Gasteiger partial charge in [-0.05, 0) is 36.8 Å². The molecule has 0 amide bonds. The maximum Gasteiger partial charge on any atom is 0.203 e. The Kier molecular flexibility index (Phi) is 9.59. The van der Waals surface area contributed by atoms with Gasteiger partial charge in [0.25, 0.3) is 0 Å². The number of hydrogen-bond acceptors (Lipinski definition) is 7. The van der Waals surface area contributed by atoms with Gasteiger partial charge < -0.3 is 39.1 Å². The Balaban J connectivity index is 2.23. The zero-order valence-corrected chi connectivity index (χ0v) is 19.8. The van der Waals surface area contributed by atoms with Crippen molar-refractivity contribution in [2.75, 3.05) is 49.2 Å². The van der Waals surface area contributed by atoms with E-state index in [-0.39, 0.29) is 0 Å². The molecule has 0 heterocycles. The lowest BCUT2D eigenvalue weighted by atomic mass is 10.1. The van der Waals surface area contributed by atoms with Crippen LogP contribution in [0.15, 0.2) is 29.3 Å². The number of aliphatic imine (C=N–C) groups is 1. The first kappa shape index (κ1) is 24.8. The van der Waals surface area contributed by atoms with Crippen molar-refractivity contribution in [1.82, 2.24) is 10.6 Å². The van der Waals surface area contributed by atoms with Crippen LogP contribution < -0.4 is 39.1 Å². The molecule has 9 nitrogen and oxygen atoms in total. The van der Waals surface area contributed by atoms with Crippen LogP contribution in [0.3, 0.4) is 0 Å². The standard InChI is InChI=1S/C23H33N3O6/c1-8-24-23(25-13-15-11-18(28-3)21(31-6)19(12-15)29-4)26-14-16-9-10-17(27-2)22(32-7)20(16)30-5/h9-12H,8,13-14H2,1-7H3,(H2,24,25,26). The molecule has 0 aliphatic heterocycles. The van der Waals surface area contributed by atoms with Crippen molar-refractivity contribution in [2.24, 2.45) is 4.99 Å². The molecule has 2 N–H and O–H groups in total. The molecule has 2 aromatic rings. The van der Waals surface area contributed by atoms with Gasteiger partial charge in [-0.2, -0.15) is 0 Å². The summed E-state index contributed by atoms with van der Waals surface area (Å²) in [6.45, 7) is 3.61. The molecule has 9 heteroatoms. The Morgan fingerprint density at radius 2 is 1.31 bits per heavy atom. The fraction of sp³-hybridized carbons (Fsp3) is 0.435. The molecule has 0 aromatic heterocycles. The molecule has 2 rings (SSSR count). The summed E-state index contributed by atoms with van der Waals surface area (Å²) in [6, 6.07) is 7.53. The van der Waals surface area contributed by atoms with Gasteiger partial charge in [-0.3, -0.25) is 0 Å². The molecule has 176 valence electrons. The first-order valence-corrected chi connectivity index (χ1v) is 10.2. The normalized spacial score (nSPS) is 10.9. The molecular formula is C23H33N3O6. The minimum absolute atomic E-state index is 0.412. The van der Waals surface area contributed by atoms with Gasteiger partial charge in [0.2, 0.25) is 11.5 Å². The lowest BCUT2D eigenvalue weighted by molar-refractivity contribution is 0.322. The Hall–Kier alpha value is -3.49. The van der Waals surface area contributed by atoms with Crippen molar-refractivity contribution in [3.05, 3.63) is 35.4 Å². The second-order valence-corrected chi connectivity index (χ2v) is 6.58. The van der Waals surface area contributed by atoms with Crippen molar-refractivity contribution >= 4 is 5.96 Å². The summed E-state index contributed by atoms with van der Waals surface area (Å²) in [5.41, 5.74) is 1.82. The third kappa shape index (κ3) is 5.81. The van der Waals surface area contributed by atoms with E-state index >= 15 is 0 Å².